The number of nitrogens with zero attached hydrogens (tertiary/aromatic N) is 2. The molecular formula is C14H19N3O2S. The largest absolute Gasteiger partial charge is 0.244 e. The quantitative estimate of drug-likeness (QED) is 0.922. The molecule has 5 nitrogen and oxygen atoms in total. The molecule has 1 N–H and O–H groups in total. The first kappa shape index (κ1) is 14.9. The van der Waals surface area contributed by atoms with Crippen LogP contribution in [0.4, 0.5) is 0 Å². The molecule has 0 aromatic carbocycles. The smallest absolute Gasteiger partial charge is 0.243 e. The lowest BCUT2D eigenvalue weighted by atomic mass is 9.83. The maximum Gasteiger partial charge on any atom is 0.243 e. The van der Waals surface area contributed by atoms with Crippen molar-refractivity contribution < 1.29 is 8.42 Å². The molecule has 1 fully saturated rings. The third kappa shape index (κ3) is 3.17. The molecule has 0 spiro atoms. The summed E-state index contributed by atoms with van der Waals surface area (Å²) in [6.07, 6.45) is 6.51. The number of hydrogen-bond donors (Lipinski definition) is 1. The monoisotopic (exact) mass is 293 g/mol. The Balaban J connectivity index is 2.25. The third-order valence-corrected chi connectivity index (χ3v) is 5.43. The second-order valence-electron chi connectivity index (χ2n) is 5.14. The van der Waals surface area contributed by atoms with Crippen LogP contribution in [0.25, 0.3) is 0 Å². The van der Waals surface area contributed by atoms with Gasteiger partial charge >= 0.3 is 0 Å². The molecule has 0 saturated heterocycles. The number of aromatic nitrogens is 1. The highest BCUT2D eigenvalue weighted by molar-refractivity contribution is 7.89. The highest BCUT2D eigenvalue weighted by atomic mass is 32.2. The van der Waals surface area contributed by atoms with Gasteiger partial charge in [0.05, 0.1) is 0 Å². The molecule has 20 heavy (non-hydrogen) atoms. The standard InChI is InChI=1S/C14H19N3O2S/c1-2-11-6-3-4-7-12(11)17-20(18,19)14-8-5-9-16-13(14)10-15/h5,8-9,11-12,17H,2-4,6-7H2,1H3. The molecule has 1 heterocycles. The Labute approximate surface area is 120 Å². The van der Waals surface area contributed by atoms with Crippen LogP contribution in [0.2, 0.25) is 0 Å². The number of hydrogen-bond acceptors (Lipinski definition) is 4. The Morgan fingerprint density at radius 1 is 1.45 bits per heavy atom. The fourth-order valence-corrected chi connectivity index (χ4v) is 4.25. The van der Waals surface area contributed by atoms with Gasteiger partial charge in [-0.2, -0.15) is 5.26 Å². The molecule has 2 unspecified atom stereocenters. The van der Waals surface area contributed by atoms with E-state index < -0.39 is 10.0 Å². The second kappa shape index (κ2) is 6.33. The SMILES string of the molecule is CCC1CCCCC1NS(=O)(=O)c1cccnc1C#N. The van der Waals surface area contributed by atoms with E-state index in [0.29, 0.717) is 5.92 Å². The zero-order chi connectivity index (χ0) is 14.6. The zero-order valence-corrected chi connectivity index (χ0v) is 12.4. The van der Waals surface area contributed by atoms with Gasteiger partial charge in [-0.05, 0) is 30.9 Å². The first-order valence-electron chi connectivity index (χ1n) is 6.96. The molecule has 2 rings (SSSR count). The Morgan fingerprint density at radius 2 is 2.20 bits per heavy atom. The van der Waals surface area contributed by atoms with E-state index in [2.05, 4.69) is 16.6 Å². The summed E-state index contributed by atoms with van der Waals surface area (Å²) in [5.74, 6) is 0.376. The van der Waals surface area contributed by atoms with Gasteiger partial charge in [0.15, 0.2) is 5.69 Å². The van der Waals surface area contributed by atoms with Crippen LogP contribution in [0, 0.1) is 17.2 Å². The summed E-state index contributed by atoms with van der Waals surface area (Å²) in [6.45, 7) is 2.09. The maximum absolute atomic E-state index is 12.4. The highest BCUT2D eigenvalue weighted by Crippen LogP contribution is 2.28. The lowest BCUT2D eigenvalue weighted by molar-refractivity contribution is 0.282. The fraction of sp³-hybridized carbons (Fsp3) is 0.571. The molecule has 108 valence electrons. The van der Waals surface area contributed by atoms with Crippen molar-refractivity contribution in [3.05, 3.63) is 24.0 Å². The minimum Gasteiger partial charge on any atom is -0.244 e. The number of nitriles is 1. The normalized spacial score (nSPS) is 23.2. The van der Waals surface area contributed by atoms with Gasteiger partial charge in [-0.1, -0.05) is 26.2 Å². The van der Waals surface area contributed by atoms with Crippen LogP contribution in [0.3, 0.4) is 0 Å². The number of sulfonamides is 1. The van der Waals surface area contributed by atoms with E-state index in [1.165, 1.54) is 18.3 Å². The molecule has 1 aliphatic rings. The van der Waals surface area contributed by atoms with E-state index in [1.807, 2.05) is 6.07 Å². The second-order valence-corrected chi connectivity index (χ2v) is 6.82. The minimum absolute atomic E-state index is 0.0251. The van der Waals surface area contributed by atoms with Gasteiger partial charge in [0, 0.05) is 12.2 Å². The van der Waals surface area contributed by atoms with Crippen LogP contribution in [0.1, 0.15) is 44.7 Å². The molecule has 1 aliphatic carbocycles. The van der Waals surface area contributed by atoms with Crippen LogP contribution < -0.4 is 4.72 Å². The Hall–Kier alpha value is -1.45. The van der Waals surface area contributed by atoms with Gasteiger partial charge in [-0.3, -0.25) is 0 Å². The van der Waals surface area contributed by atoms with Crippen LogP contribution in [0.15, 0.2) is 23.2 Å². The lowest BCUT2D eigenvalue weighted by Gasteiger charge is -2.31. The van der Waals surface area contributed by atoms with Crippen molar-refractivity contribution in [1.29, 1.82) is 5.26 Å². The summed E-state index contributed by atoms with van der Waals surface area (Å²) >= 11 is 0. The van der Waals surface area contributed by atoms with E-state index in [4.69, 9.17) is 5.26 Å². The molecule has 0 radical (unpaired) electrons. The van der Waals surface area contributed by atoms with Gasteiger partial charge in [0.2, 0.25) is 10.0 Å². The first-order chi connectivity index (χ1) is 9.58. The van der Waals surface area contributed by atoms with E-state index >= 15 is 0 Å². The maximum atomic E-state index is 12.4. The Morgan fingerprint density at radius 3 is 2.90 bits per heavy atom. The summed E-state index contributed by atoms with van der Waals surface area (Å²) in [5, 5.41) is 8.98. The van der Waals surface area contributed by atoms with Crippen molar-refractivity contribution in [1.82, 2.24) is 9.71 Å². The molecule has 2 atom stereocenters. The summed E-state index contributed by atoms with van der Waals surface area (Å²) < 4.78 is 27.6. The molecule has 6 heteroatoms. The summed E-state index contributed by atoms with van der Waals surface area (Å²) in [4.78, 5) is 3.79. The summed E-state index contributed by atoms with van der Waals surface area (Å²) in [5.41, 5.74) is -0.0520. The molecule has 1 aromatic rings. The van der Waals surface area contributed by atoms with Crippen LogP contribution in [-0.2, 0) is 10.0 Å². The first-order valence-corrected chi connectivity index (χ1v) is 8.44. The predicted molar refractivity (Wildman–Crippen MR) is 75.3 cm³/mol. The number of pyridine rings is 1. The number of nitrogens with one attached hydrogen (secondary N) is 1. The summed E-state index contributed by atoms with van der Waals surface area (Å²) in [7, 11) is -3.68. The minimum atomic E-state index is -3.68. The highest BCUT2D eigenvalue weighted by Gasteiger charge is 2.29. The Bertz CT molecular complexity index is 607. The third-order valence-electron chi connectivity index (χ3n) is 3.91. The molecule has 0 bridgehead atoms. The molecule has 0 amide bonds. The van der Waals surface area contributed by atoms with Crippen molar-refractivity contribution in [3.63, 3.8) is 0 Å². The zero-order valence-electron chi connectivity index (χ0n) is 11.5. The average Bonchev–Trinajstić information content (AvgIpc) is 2.47. The summed E-state index contributed by atoms with van der Waals surface area (Å²) in [6, 6.07) is 4.76. The molecule has 1 aromatic heterocycles. The average molecular weight is 293 g/mol. The van der Waals surface area contributed by atoms with Gasteiger partial charge in [0.25, 0.3) is 0 Å². The van der Waals surface area contributed by atoms with E-state index in [9.17, 15) is 8.42 Å². The van der Waals surface area contributed by atoms with Gasteiger partial charge in [0.1, 0.15) is 11.0 Å². The van der Waals surface area contributed by atoms with Gasteiger partial charge in [-0.15, -0.1) is 0 Å². The van der Waals surface area contributed by atoms with Crippen molar-refractivity contribution in [3.8, 4) is 6.07 Å². The topological polar surface area (TPSA) is 82.8 Å². The fourth-order valence-electron chi connectivity index (χ4n) is 2.81. The van der Waals surface area contributed by atoms with Crippen molar-refractivity contribution in [2.75, 3.05) is 0 Å². The predicted octanol–water partition coefficient (Wildman–Crippen LogP) is 2.20. The molecule has 1 saturated carbocycles. The number of rotatable bonds is 4. The lowest BCUT2D eigenvalue weighted by Crippen LogP contribution is -2.42. The van der Waals surface area contributed by atoms with Gasteiger partial charge in [-0.25, -0.2) is 18.1 Å². The van der Waals surface area contributed by atoms with Crippen LogP contribution >= 0.6 is 0 Å². The molecular weight excluding hydrogens is 274 g/mol. The van der Waals surface area contributed by atoms with Gasteiger partial charge < -0.3 is 0 Å². The van der Waals surface area contributed by atoms with Crippen LogP contribution in [-0.4, -0.2) is 19.4 Å². The van der Waals surface area contributed by atoms with E-state index in [-0.39, 0.29) is 16.6 Å². The Kier molecular flexibility index (Phi) is 4.73. The van der Waals surface area contributed by atoms with Crippen molar-refractivity contribution in [2.24, 2.45) is 5.92 Å². The van der Waals surface area contributed by atoms with E-state index in [0.717, 1.165) is 32.1 Å². The molecule has 0 aliphatic heterocycles. The van der Waals surface area contributed by atoms with Crippen molar-refractivity contribution >= 4 is 10.0 Å². The van der Waals surface area contributed by atoms with Crippen LogP contribution in [0.5, 0.6) is 0 Å². The van der Waals surface area contributed by atoms with Crippen molar-refractivity contribution in [2.45, 2.75) is 50.0 Å². The van der Waals surface area contributed by atoms with E-state index in [1.54, 1.807) is 0 Å².